The van der Waals surface area contributed by atoms with E-state index in [-0.39, 0.29) is 11.7 Å². The molecule has 3 aliphatic rings. The van der Waals surface area contributed by atoms with E-state index < -0.39 is 5.60 Å². The van der Waals surface area contributed by atoms with Gasteiger partial charge in [-0.2, -0.15) is 10.2 Å². The van der Waals surface area contributed by atoms with Crippen molar-refractivity contribution >= 4 is 11.6 Å². The van der Waals surface area contributed by atoms with Gasteiger partial charge >= 0.3 is 0 Å². The number of amides is 1. The summed E-state index contributed by atoms with van der Waals surface area (Å²) in [5, 5.41) is 21.7. The van der Waals surface area contributed by atoms with Gasteiger partial charge < -0.3 is 25.0 Å². The number of carbonyl (C=O) groups is 1. The number of para-hydroxylation sites is 1. The third-order valence-corrected chi connectivity index (χ3v) is 6.88. The van der Waals surface area contributed by atoms with Gasteiger partial charge in [0.05, 0.1) is 17.6 Å². The second-order valence-electron chi connectivity index (χ2n) is 8.77. The Balaban J connectivity index is 1.28. The molecule has 2 N–H and O–H groups in total. The van der Waals surface area contributed by atoms with Crippen LogP contribution in [0.25, 0.3) is 11.3 Å². The quantitative estimate of drug-likeness (QED) is 0.786. The van der Waals surface area contributed by atoms with Crippen LogP contribution in [0.3, 0.4) is 0 Å². The van der Waals surface area contributed by atoms with E-state index >= 15 is 0 Å². The molecule has 30 heavy (non-hydrogen) atoms. The number of anilines is 1. The van der Waals surface area contributed by atoms with Crippen LogP contribution in [0.2, 0.25) is 0 Å². The lowest BCUT2D eigenvalue weighted by molar-refractivity contribution is -0.172. The zero-order valence-corrected chi connectivity index (χ0v) is 17.2. The number of likely N-dealkylation sites (tertiary alicyclic amines) is 1. The van der Waals surface area contributed by atoms with Crippen molar-refractivity contribution in [2.75, 3.05) is 51.3 Å². The molecule has 4 heterocycles. The molecule has 0 atom stereocenters. The first-order valence-electron chi connectivity index (χ1n) is 10.5. The fraction of sp³-hybridized carbons (Fsp3) is 0.500. The van der Waals surface area contributed by atoms with E-state index in [2.05, 4.69) is 20.4 Å². The van der Waals surface area contributed by atoms with E-state index in [0.29, 0.717) is 42.6 Å². The first kappa shape index (κ1) is 19.3. The molecule has 3 saturated heterocycles. The number of aromatic hydroxyl groups is 1. The van der Waals surface area contributed by atoms with E-state index in [9.17, 15) is 9.90 Å². The van der Waals surface area contributed by atoms with Gasteiger partial charge in [-0.1, -0.05) is 12.1 Å². The first-order valence-corrected chi connectivity index (χ1v) is 10.5. The van der Waals surface area contributed by atoms with Crippen molar-refractivity contribution in [1.82, 2.24) is 20.4 Å². The number of benzene rings is 1. The summed E-state index contributed by atoms with van der Waals surface area (Å²) in [6.07, 6.45) is 3.00. The number of methoxy groups -OCH3 is 1. The zero-order chi connectivity index (χ0) is 20.8. The topological polar surface area (TPSA) is 90.8 Å². The second-order valence-corrected chi connectivity index (χ2v) is 8.77. The Morgan fingerprint density at radius 2 is 1.93 bits per heavy atom. The highest BCUT2D eigenvalue weighted by atomic mass is 16.5. The van der Waals surface area contributed by atoms with Crippen LogP contribution in [0.4, 0.5) is 5.69 Å². The lowest BCUT2D eigenvalue weighted by Gasteiger charge is -2.58. The number of nitrogens with zero attached hydrogens (tertiary/aromatic N) is 4. The van der Waals surface area contributed by atoms with Gasteiger partial charge in [0.1, 0.15) is 11.4 Å². The Bertz CT molecular complexity index is 945. The SMILES string of the molecule is COC1(C(=O)N2CC3(CNC3)C2)CCN(c2cnnc(-c3ccccc3O)c2)CC1. The van der Waals surface area contributed by atoms with Crippen molar-refractivity contribution < 1.29 is 14.6 Å². The molecule has 1 amide bonds. The fourth-order valence-electron chi connectivity index (χ4n) is 4.88. The maximum atomic E-state index is 13.2. The summed E-state index contributed by atoms with van der Waals surface area (Å²) in [6.45, 7) is 5.10. The van der Waals surface area contributed by atoms with Gasteiger partial charge in [0.15, 0.2) is 0 Å². The Kier molecular flexibility index (Phi) is 4.63. The molecule has 8 nitrogen and oxygen atoms in total. The number of phenols is 1. The number of rotatable bonds is 4. The van der Waals surface area contributed by atoms with Gasteiger partial charge in [-0.3, -0.25) is 4.79 Å². The number of hydrogen-bond donors (Lipinski definition) is 2. The molecule has 8 heteroatoms. The Morgan fingerprint density at radius 3 is 2.57 bits per heavy atom. The van der Waals surface area contributed by atoms with Crippen molar-refractivity contribution in [1.29, 1.82) is 0 Å². The molecular formula is C22H27N5O3. The molecule has 3 aliphatic heterocycles. The Morgan fingerprint density at radius 1 is 1.20 bits per heavy atom. The highest BCUT2D eigenvalue weighted by molar-refractivity contribution is 5.86. The molecule has 0 unspecified atom stereocenters. The predicted octanol–water partition coefficient (Wildman–Crippen LogP) is 1.27. The van der Waals surface area contributed by atoms with Gasteiger partial charge in [-0.05, 0) is 18.2 Å². The third kappa shape index (κ3) is 3.11. The summed E-state index contributed by atoms with van der Waals surface area (Å²) < 4.78 is 5.82. The molecule has 3 fully saturated rings. The van der Waals surface area contributed by atoms with Crippen molar-refractivity contribution in [3.8, 4) is 17.0 Å². The van der Waals surface area contributed by atoms with Gasteiger partial charge in [0.25, 0.3) is 5.91 Å². The van der Waals surface area contributed by atoms with Crippen LogP contribution in [0, 0.1) is 5.41 Å². The van der Waals surface area contributed by atoms with Crippen LogP contribution in [0.1, 0.15) is 12.8 Å². The van der Waals surface area contributed by atoms with Gasteiger partial charge in [0.2, 0.25) is 0 Å². The van der Waals surface area contributed by atoms with E-state index in [1.54, 1.807) is 25.4 Å². The minimum absolute atomic E-state index is 0.130. The second kappa shape index (κ2) is 7.21. The molecule has 1 aromatic heterocycles. The first-order chi connectivity index (χ1) is 14.5. The summed E-state index contributed by atoms with van der Waals surface area (Å²) in [5.74, 6) is 0.311. The summed E-state index contributed by atoms with van der Waals surface area (Å²) >= 11 is 0. The van der Waals surface area contributed by atoms with Crippen LogP contribution in [0.15, 0.2) is 36.5 Å². The van der Waals surface area contributed by atoms with Crippen LogP contribution in [0.5, 0.6) is 5.75 Å². The molecule has 0 radical (unpaired) electrons. The maximum absolute atomic E-state index is 13.2. The number of carbonyl (C=O) groups excluding carboxylic acids is 1. The summed E-state index contributed by atoms with van der Waals surface area (Å²) in [6, 6.07) is 9.05. The van der Waals surface area contributed by atoms with Crippen molar-refractivity contribution in [3.63, 3.8) is 0 Å². The van der Waals surface area contributed by atoms with Crippen molar-refractivity contribution in [2.45, 2.75) is 18.4 Å². The Hall–Kier alpha value is -2.71. The number of nitrogens with one attached hydrogen (secondary N) is 1. The fourth-order valence-corrected chi connectivity index (χ4v) is 4.88. The lowest BCUT2D eigenvalue weighted by Crippen LogP contribution is -2.74. The number of piperidine rings is 1. The molecule has 1 aromatic carbocycles. The average molecular weight is 409 g/mol. The van der Waals surface area contributed by atoms with Gasteiger partial charge in [-0.15, -0.1) is 0 Å². The van der Waals surface area contributed by atoms with Crippen LogP contribution in [-0.4, -0.2) is 78.1 Å². The van der Waals surface area contributed by atoms with E-state index in [0.717, 1.165) is 31.9 Å². The molecule has 0 bridgehead atoms. The number of hydrogen-bond acceptors (Lipinski definition) is 7. The van der Waals surface area contributed by atoms with Crippen LogP contribution < -0.4 is 10.2 Å². The van der Waals surface area contributed by atoms with Gasteiger partial charge in [0, 0.05) is 70.2 Å². The Labute approximate surface area is 175 Å². The van der Waals surface area contributed by atoms with E-state index in [1.807, 2.05) is 23.1 Å². The monoisotopic (exact) mass is 409 g/mol. The normalized spacial score (nSPS) is 21.8. The predicted molar refractivity (Wildman–Crippen MR) is 112 cm³/mol. The maximum Gasteiger partial charge on any atom is 0.254 e. The van der Waals surface area contributed by atoms with Gasteiger partial charge in [-0.25, -0.2) is 0 Å². The third-order valence-electron chi connectivity index (χ3n) is 6.88. The van der Waals surface area contributed by atoms with Crippen LogP contribution >= 0.6 is 0 Å². The smallest absolute Gasteiger partial charge is 0.254 e. The summed E-state index contributed by atoms with van der Waals surface area (Å²) in [7, 11) is 1.65. The standard InChI is InChI=1S/C22H27N5O3/c1-30-22(20(29)27-14-21(15-27)12-23-13-21)6-8-26(9-7-22)16-10-18(25-24-11-16)17-4-2-3-5-19(17)28/h2-5,10-11,23,28H,6-9,12-15H2,1H3. The highest BCUT2D eigenvalue weighted by Crippen LogP contribution is 2.39. The average Bonchev–Trinajstić information content (AvgIpc) is 2.72. The molecule has 158 valence electrons. The minimum Gasteiger partial charge on any atom is -0.507 e. The molecule has 5 rings (SSSR count). The van der Waals surface area contributed by atoms with E-state index in [4.69, 9.17) is 4.74 Å². The van der Waals surface area contributed by atoms with Crippen LogP contribution in [-0.2, 0) is 9.53 Å². The molecule has 1 spiro atoms. The van der Waals surface area contributed by atoms with Crippen molar-refractivity contribution in [2.24, 2.45) is 5.41 Å². The lowest BCUT2D eigenvalue weighted by atomic mass is 9.73. The molecule has 0 saturated carbocycles. The minimum atomic E-state index is -0.740. The molecular weight excluding hydrogens is 382 g/mol. The zero-order valence-electron chi connectivity index (χ0n) is 17.2. The number of ether oxygens (including phenoxy) is 1. The molecule has 2 aromatic rings. The largest absolute Gasteiger partial charge is 0.507 e. The number of aromatic nitrogens is 2. The summed E-state index contributed by atoms with van der Waals surface area (Å²) in [5.41, 5.74) is 1.79. The highest BCUT2D eigenvalue weighted by Gasteiger charge is 2.54. The number of phenolic OH excluding ortho intramolecular Hbond substituents is 1. The summed E-state index contributed by atoms with van der Waals surface area (Å²) in [4.78, 5) is 17.4. The van der Waals surface area contributed by atoms with Crippen molar-refractivity contribution in [3.05, 3.63) is 36.5 Å². The van der Waals surface area contributed by atoms with E-state index in [1.165, 1.54) is 0 Å². The molecule has 0 aliphatic carbocycles.